The van der Waals surface area contributed by atoms with Crippen molar-refractivity contribution in [2.45, 2.75) is 20.8 Å². The van der Waals surface area contributed by atoms with Gasteiger partial charge >= 0.3 is 5.97 Å². The lowest BCUT2D eigenvalue weighted by atomic mass is 10.1. The molecule has 0 heterocycles. The normalized spacial score (nSPS) is 10.2. The Kier molecular flexibility index (Phi) is 7.57. The van der Waals surface area contributed by atoms with Crippen molar-refractivity contribution in [3.05, 3.63) is 47.3 Å². The predicted octanol–water partition coefficient (Wildman–Crippen LogP) is 4.53. The maximum Gasteiger partial charge on any atom is 0.338 e. The van der Waals surface area contributed by atoms with Gasteiger partial charge in [0.2, 0.25) is 0 Å². The van der Waals surface area contributed by atoms with Crippen LogP contribution in [0.2, 0.25) is 0 Å². The van der Waals surface area contributed by atoms with Crippen molar-refractivity contribution in [1.29, 1.82) is 0 Å². The van der Waals surface area contributed by atoms with Crippen LogP contribution in [0.4, 0.5) is 15.8 Å². The molecular weight excluding hydrogens is 383 g/mol. The summed E-state index contributed by atoms with van der Waals surface area (Å²) in [6, 6.07) is 7.83. The fraction of sp³-hybridized carbons (Fsp3) is 0.300. The molecule has 0 aliphatic carbocycles. The average molecular weight is 406 g/mol. The monoisotopic (exact) mass is 406 g/mol. The van der Waals surface area contributed by atoms with Gasteiger partial charge in [0, 0.05) is 5.69 Å². The smallest absolute Gasteiger partial charge is 0.338 e. The van der Waals surface area contributed by atoms with E-state index in [1.54, 1.807) is 31.2 Å². The summed E-state index contributed by atoms with van der Waals surface area (Å²) >= 11 is 5.33. The summed E-state index contributed by atoms with van der Waals surface area (Å²) in [5.74, 6) is -0.0594. The summed E-state index contributed by atoms with van der Waals surface area (Å²) in [6.07, 6.45) is 0. The van der Waals surface area contributed by atoms with Gasteiger partial charge in [-0.1, -0.05) is 6.07 Å². The number of esters is 1. The Morgan fingerprint density at radius 1 is 1.11 bits per heavy atom. The van der Waals surface area contributed by atoms with E-state index < -0.39 is 5.97 Å². The first-order valence-electron chi connectivity index (χ1n) is 8.75. The van der Waals surface area contributed by atoms with Crippen LogP contribution in [0.1, 0.15) is 29.8 Å². The molecular formula is C20H23FN2O4S. The van der Waals surface area contributed by atoms with E-state index in [0.717, 1.165) is 0 Å². The highest BCUT2D eigenvalue weighted by atomic mass is 32.1. The molecule has 0 fully saturated rings. The number of anilines is 2. The van der Waals surface area contributed by atoms with E-state index in [9.17, 15) is 9.18 Å². The minimum absolute atomic E-state index is 0.202. The van der Waals surface area contributed by atoms with E-state index in [1.165, 1.54) is 13.2 Å². The molecule has 6 nitrogen and oxygen atoms in total. The Morgan fingerprint density at radius 3 is 2.43 bits per heavy atom. The second kappa shape index (κ2) is 9.89. The lowest BCUT2D eigenvalue weighted by Gasteiger charge is -2.18. The second-order valence-electron chi connectivity index (χ2n) is 5.75. The Balaban J connectivity index is 2.34. The summed E-state index contributed by atoms with van der Waals surface area (Å²) in [5, 5.41) is 6.09. The largest absolute Gasteiger partial charge is 0.490 e. The lowest BCUT2D eigenvalue weighted by Crippen LogP contribution is -2.20. The fourth-order valence-corrected chi connectivity index (χ4v) is 2.67. The molecule has 0 unspecified atom stereocenters. The van der Waals surface area contributed by atoms with Crippen molar-refractivity contribution >= 4 is 34.7 Å². The molecule has 0 aliphatic heterocycles. The number of carbonyl (C=O) groups excluding carboxylic acids is 1. The Morgan fingerprint density at radius 2 is 1.82 bits per heavy atom. The topological polar surface area (TPSA) is 68.8 Å². The van der Waals surface area contributed by atoms with E-state index in [1.807, 2.05) is 13.8 Å². The van der Waals surface area contributed by atoms with Gasteiger partial charge in [-0.15, -0.1) is 0 Å². The van der Waals surface area contributed by atoms with Gasteiger partial charge in [-0.05, 0) is 62.8 Å². The van der Waals surface area contributed by atoms with Gasteiger partial charge in [-0.2, -0.15) is 0 Å². The summed E-state index contributed by atoms with van der Waals surface area (Å²) in [4.78, 5) is 12.0. The van der Waals surface area contributed by atoms with Crippen molar-refractivity contribution in [2.24, 2.45) is 0 Å². The van der Waals surface area contributed by atoms with E-state index in [4.69, 9.17) is 26.4 Å². The first-order valence-corrected chi connectivity index (χ1v) is 9.16. The Bertz CT molecular complexity index is 874. The van der Waals surface area contributed by atoms with Gasteiger partial charge in [0.1, 0.15) is 5.82 Å². The number of benzene rings is 2. The maximum absolute atomic E-state index is 13.7. The second-order valence-corrected chi connectivity index (χ2v) is 6.16. The molecule has 2 rings (SSSR count). The molecule has 0 aromatic heterocycles. The van der Waals surface area contributed by atoms with E-state index >= 15 is 0 Å². The molecule has 0 saturated heterocycles. The number of methoxy groups -OCH3 is 1. The van der Waals surface area contributed by atoms with E-state index in [-0.39, 0.29) is 16.5 Å². The van der Waals surface area contributed by atoms with Crippen LogP contribution in [-0.2, 0) is 4.74 Å². The standard InChI is InChI=1S/C20H23FN2O4S/c1-5-26-17-10-13(19(24)25-4)9-16(18(17)27-6-2)23-20(28)22-14-8-7-12(3)15(21)11-14/h7-11H,5-6H2,1-4H3,(H2,22,23,28). The molecule has 8 heteroatoms. The number of halogens is 1. The van der Waals surface area contributed by atoms with Crippen molar-refractivity contribution in [3.63, 3.8) is 0 Å². The zero-order chi connectivity index (χ0) is 20.7. The van der Waals surface area contributed by atoms with Crippen LogP contribution in [-0.4, -0.2) is 31.4 Å². The number of hydrogen-bond acceptors (Lipinski definition) is 5. The Hall–Kier alpha value is -2.87. The van der Waals surface area contributed by atoms with Crippen molar-refractivity contribution < 1.29 is 23.4 Å². The van der Waals surface area contributed by atoms with Gasteiger partial charge < -0.3 is 24.8 Å². The number of thiocarbonyl (C=S) groups is 1. The van der Waals surface area contributed by atoms with Crippen LogP contribution >= 0.6 is 12.2 Å². The van der Waals surface area contributed by atoms with Gasteiger partial charge in [-0.25, -0.2) is 9.18 Å². The summed E-state index contributed by atoms with van der Waals surface area (Å²) in [5.41, 5.74) is 1.74. The zero-order valence-corrected chi connectivity index (χ0v) is 17.0. The number of rotatable bonds is 7. The van der Waals surface area contributed by atoms with Crippen LogP contribution in [0.25, 0.3) is 0 Å². The number of hydrogen-bond donors (Lipinski definition) is 2. The first-order chi connectivity index (χ1) is 13.4. The number of nitrogens with one attached hydrogen (secondary N) is 2. The summed E-state index contributed by atoms with van der Waals surface area (Å²) < 4.78 is 29.8. The van der Waals surface area contributed by atoms with Crippen molar-refractivity contribution in [2.75, 3.05) is 31.0 Å². The van der Waals surface area contributed by atoms with Gasteiger partial charge in [0.25, 0.3) is 0 Å². The molecule has 0 aliphatic rings. The molecule has 0 saturated carbocycles. The van der Waals surface area contributed by atoms with Crippen LogP contribution < -0.4 is 20.1 Å². The van der Waals surface area contributed by atoms with E-state index in [0.29, 0.717) is 41.7 Å². The average Bonchev–Trinajstić information content (AvgIpc) is 2.66. The number of aryl methyl sites for hydroxylation is 1. The molecule has 150 valence electrons. The van der Waals surface area contributed by atoms with Crippen LogP contribution in [0, 0.1) is 12.7 Å². The number of ether oxygens (including phenoxy) is 3. The summed E-state index contributed by atoms with van der Waals surface area (Å²) in [6.45, 7) is 6.11. The quantitative estimate of drug-likeness (QED) is 0.517. The molecule has 0 radical (unpaired) electrons. The summed E-state index contributed by atoms with van der Waals surface area (Å²) in [7, 11) is 1.30. The minimum atomic E-state index is -0.522. The molecule has 2 N–H and O–H groups in total. The molecule has 0 bridgehead atoms. The van der Waals surface area contributed by atoms with Crippen LogP contribution in [0.5, 0.6) is 11.5 Å². The third kappa shape index (κ3) is 5.32. The van der Waals surface area contributed by atoms with Gasteiger partial charge in [-0.3, -0.25) is 0 Å². The third-order valence-electron chi connectivity index (χ3n) is 3.74. The third-order valence-corrected chi connectivity index (χ3v) is 3.95. The Labute approximate surface area is 169 Å². The highest BCUT2D eigenvalue weighted by Gasteiger charge is 2.18. The molecule has 0 spiro atoms. The maximum atomic E-state index is 13.7. The van der Waals surface area contributed by atoms with E-state index in [2.05, 4.69) is 10.6 Å². The lowest BCUT2D eigenvalue weighted by molar-refractivity contribution is 0.0600. The highest BCUT2D eigenvalue weighted by Crippen LogP contribution is 2.37. The minimum Gasteiger partial charge on any atom is -0.490 e. The van der Waals surface area contributed by atoms with Crippen molar-refractivity contribution in [1.82, 2.24) is 0 Å². The highest BCUT2D eigenvalue weighted by molar-refractivity contribution is 7.80. The van der Waals surface area contributed by atoms with Gasteiger partial charge in [0.05, 0.1) is 31.6 Å². The molecule has 28 heavy (non-hydrogen) atoms. The predicted molar refractivity (Wildman–Crippen MR) is 111 cm³/mol. The molecule has 0 amide bonds. The molecule has 0 atom stereocenters. The molecule has 2 aromatic carbocycles. The fourth-order valence-electron chi connectivity index (χ4n) is 2.44. The number of carbonyl (C=O) groups is 1. The van der Waals surface area contributed by atoms with Crippen LogP contribution in [0.3, 0.4) is 0 Å². The van der Waals surface area contributed by atoms with Gasteiger partial charge in [0.15, 0.2) is 16.6 Å². The first kappa shape index (κ1) is 21.4. The molecule has 2 aromatic rings. The van der Waals surface area contributed by atoms with Crippen molar-refractivity contribution in [3.8, 4) is 11.5 Å². The SMILES string of the molecule is CCOc1cc(C(=O)OC)cc(NC(=S)Nc2ccc(C)c(F)c2)c1OCC. The zero-order valence-electron chi connectivity index (χ0n) is 16.2. The van der Waals surface area contributed by atoms with Crippen LogP contribution in [0.15, 0.2) is 30.3 Å².